The first-order valence-electron chi connectivity index (χ1n) is 12.8. The van der Waals surface area contributed by atoms with E-state index in [1.165, 1.54) is 7.11 Å². The quantitative estimate of drug-likeness (QED) is 0.378. The Balaban J connectivity index is 0.000000810. The van der Waals surface area contributed by atoms with Gasteiger partial charge in [0, 0.05) is 37.1 Å². The summed E-state index contributed by atoms with van der Waals surface area (Å²) in [5, 5.41) is 13.2. The molecule has 1 amide bonds. The van der Waals surface area contributed by atoms with Gasteiger partial charge in [0.05, 0.1) is 19.1 Å². The second kappa shape index (κ2) is 13.5. The molecule has 0 unspecified atom stereocenters. The molecule has 1 saturated heterocycles. The first-order valence-corrected chi connectivity index (χ1v) is 14.7. The highest BCUT2D eigenvalue weighted by molar-refractivity contribution is 7.88. The molecule has 1 aliphatic heterocycles. The van der Waals surface area contributed by atoms with E-state index in [0.29, 0.717) is 35.8 Å². The highest BCUT2D eigenvalue weighted by Crippen LogP contribution is 2.36. The maximum atomic E-state index is 13.5. The number of benzene rings is 1. The number of rotatable bonds is 7. The number of methoxy groups -OCH3 is 1. The summed E-state index contributed by atoms with van der Waals surface area (Å²) in [4.78, 5) is 20.9. The zero-order valence-corrected chi connectivity index (χ0v) is 23.4. The number of nitrogens with one attached hydrogen (secondary N) is 3. The number of nitrogens with two attached hydrogens (primary N) is 1. The Kier molecular flexibility index (Phi) is 10.6. The number of alkyl halides is 3. The molecule has 2 fully saturated rings. The van der Waals surface area contributed by atoms with Crippen molar-refractivity contribution in [2.24, 2.45) is 5.14 Å². The minimum atomic E-state index is -4.58. The number of aryl methyl sites for hydroxylation is 1. The lowest BCUT2D eigenvalue weighted by molar-refractivity contribution is -0.137. The molecule has 0 radical (unpaired) electrons. The van der Waals surface area contributed by atoms with Gasteiger partial charge in [0.15, 0.2) is 0 Å². The number of halogens is 3. The first kappa shape index (κ1) is 31.4. The highest BCUT2D eigenvalue weighted by atomic mass is 32.2. The standard InChI is InChI=1S/C24H30F3N5O3.CH5NO2S/c1-14-11-19(20(34-2)12-17(14)22(33)30-16-7-9-35-10-8-16)31-23-28-13-18(24(25,26)27)21(32-23)29-15-5-3-4-6-15;1-5(2,3)4/h11-13,15-16H,3-10H2,1-2H3,(H,30,33)(H2,28,29,31,32);1H3,(H2,2,3,4). The van der Waals surface area contributed by atoms with Gasteiger partial charge in [0.2, 0.25) is 16.0 Å². The average molecular weight is 589 g/mol. The largest absolute Gasteiger partial charge is 0.495 e. The smallest absolute Gasteiger partial charge is 0.421 e. The lowest BCUT2D eigenvalue weighted by atomic mass is 10.0. The van der Waals surface area contributed by atoms with Gasteiger partial charge in [-0.25, -0.2) is 18.5 Å². The van der Waals surface area contributed by atoms with Crippen molar-refractivity contribution in [3.63, 3.8) is 0 Å². The van der Waals surface area contributed by atoms with Gasteiger partial charge in [-0.15, -0.1) is 0 Å². The van der Waals surface area contributed by atoms with Gasteiger partial charge in [-0.1, -0.05) is 12.8 Å². The third-order valence-corrected chi connectivity index (χ3v) is 6.38. The van der Waals surface area contributed by atoms with Gasteiger partial charge >= 0.3 is 6.18 Å². The topological polar surface area (TPSA) is 158 Å². The van der Waals surface area contributed by atoms with Crippen molar-refractivity contribution in [2.45, 2.75) is 63.7 Å². The number of nitrogens with zero attached hydrogens (tertiary/aromatic N) is 2. The Bertz CT molecular complexity index is 1270. The third kappa shape index (κ3) is 9.48. The second-order valence-electron chi connectivity index (χ2n) is 9.76. The van der Waals surface area contributed by atoms with Crippen molar-refractivity contribution in [3.05, 3.63) is 35.0 Å². The summed E-state index contributed by atoms with van der Waals surface area (Å²) in [7, 11) is -1.71. The minimum absolute atomic E-state index is 0.00407. The van der Waals surface area contributed by atoms with Gasteiger partial charge < -0.3 is 25.4 Å². The van der Waals surface area contributed by atoms with Crippen LogP contribution in [0.15, 0.2) is 18.3 Å². The molecule has 40 heavy (non-hydrogen) atoms. The molecule has 1 aromatic carbocycles. The van der Waals surface area contributed by atoms with E-state index in [9.17, 15) is 26.4 Å². The number of primary sulfonamides is 1. The van der Waals surface area contributed by atoms with Crippen molar-refractivity contribution in [3.8, 4) is 5.75 Å². The molecule has 1 aromatic heterocycles. The van der Waals surface area contributed by atoms with Crippen molar-refractivity contribution in [2.75, 3.05) is 37.2 Å². The predicted octanol–water partition coefficient (Wildman–Crippen LogP) is 3.72. The fourth-order valence-corrected chi connectivity index (χ4v) is 4.45. The number of carbonyl (C=O) groups is 1. The molecule has 0 spiro atoms. The van der Waals surface area contributed by atoms with Gasteiger partial charge in [0.1, 0.15) is 17.1 Å². The number of hydrogen-bond donors (Lipinski definition) is 4. The Morgan fingerprint density at radius 3 is 2.33 bits per heavy atom. The fourth-order valence-electron chi connectivity index (χ4n) is 4.45. The van der Waals surface area contributed by atoms with Gasteiger partial charge in [-0.2, -0.15) is 18.2 Å². The second-order valence-corrected chi connectivity index (χ2v) is 11.4. The van der Waals surface area contributed by atoms with Crippen molar-refractivity contribution in [1.82, 2.24) is 15.3 Å². The summed E-state index contributed by atoms with van der Waals surface area (Å²) in [6, 6.07) is 3.30. The number of anilines is 3. The zero-order valence-electron chi connectivity index (χ0n) is 22.6. The molecule has 2 aliphatic rings. The predicted molar refractivity (Wildman–Crippen MR) is 144 cm³/mol. The Morgan fingerprint density at radius 1 is 1.12 bits per heavy atom. The van der Waals surface area contributed by atoms with Crippen LogP contribution in [0.1, 0.15) is 60.0 Å². The summed E-state index contributed by atoms with van der Waals surface area (Å²) in [6.07, 6.45) is 2.19. The maximum Gasteiger partial charge on any atom is 0.421 e. The number of ether oxygens (including phenoxy) is 2. The van der Waals surface area contributed by atoms with E-state index in [2.05, 4.69) is 31.1 Å². The molecule has 15 heteroatoms. The van der Waals surface area contributed by atoms with E-state index < -0.39 is 21.8 Å². The summed E-state index contributed by atoms with van der Waals surface area (Å²) < 4.78 is 70.2. The van der Waals surface area contributed by atoms with Crippen LogP contribution >= 0.6 is 0 Å². The fraction of sp³-hybridized carbons (Fsp3) is 0.560. The molecule has 4 rings (SSSR count). The van der Waals surface area contributed by atoms with Gasteiger partial charge in [0.25, 0.3) is 5.91 Å². The monoisotopic (exact) mass is 588 g/mol. The lowest BCUT2D eigenvalue weighted by Gasteiger charge is -2.24. The first-order chi connectivity index (χ1) is 18.7. The van der Waals surface area contributed by atoms with Crippen LogP contribution in [0.4, 0.5) is 30.6 Å². The van der Waals surface area contributed by atoms with E-state index in [-0.39, 0.29) is 29.8 Å². The average Bonchev–Trinajstić information content (AvgIpc) is 3.36. The van der Waals surface area contributed by atoms with Crippen molar-refractivity contribution >= 4 is 33.4 Å². The lowest BCUT2D eigenvalue weighted by Crippen LogP contribution is -2.39. The zero-order chi connectivity index (χ0) is 29.5. The number of carbonyl (C=O) groups excluding carboxylic acids is 1. The molecule has 2 aromatic rings. The molecule has 5 N–H and O–H groups in total. The van der Waals surface area contributed by atoms with Gasteiger partial charge in [-0.3, -0.25) is 4.79 Å². The van der Waals surface area contributed by atoms with E-state index in [0.717, 1.165) is 51.0 Å². The van der Waals surface area contributed by atoms with Crippen LogP contribution in [0.2, 0.25) is 0 Å². The molecular weight excluding hydrogens is 553 g/mol. The van der Waals surface area contributed by atoms with E-state index in [4.69, 9.17) is 9.47 Å². The highest BCUT2D eigenvalue weighted by Gasteiger charge is 2.36. The van der Waals surface area contributed by atoms with Crippen LogP contribution in [0.3, 0.4) is 0 Å². The van der Waals surface area contributed by atoms with Crippen LogP contribution < -0.4 is 25.8 Å². The molecule has 0 bridgehead atoms. The van der Waals surface area contributed by atoms with Crippen LogP contribution in [-0.2, 0) is 20.9 Å². The van der Waals surface area contributed by atoms with Crippen LogP contribution in [0, 0.1) is 6.92 Å². The summed E-state index contributed by atoms with van der Waals surface area (Å²) >= 11 is 0. The minimum Gasteiger partial charge on any atom is -0.495 e. The Morgan fingerprint density at radius 2 is 1.75 bits per heavy atom. The Labute approximate surface area is 231 Å². The summed E-state index contributed by atoms with van der Waals surface area (Å²) in [5.74, 6) is -0.116. The summed E-state index contributed by atoms with van der Waals surface area (Å²) in [5.41, 5.74) is 0.669. The Hall–Kier alpha value is -3.17. The molecule has 0 atom stereocenters. The summed E-state index contributed by atoms with van der Waals surface area (Å²) in [6.45, 7) is 3.01. The third-order valence-electron chi connectivity index (χ3n) is 6.38. The van der Waals surface area contributed by atoms with Crippen molar-refractivity contribution < 1.29 is 35.9 Å². The molecule has 11 nitrogen and oxygen atoms in total. The molecule has 2 heterocycles. The van der Waals surface area contributed by atoms with Crippen LogP contribution in [-0.4, -0.2) is 63.0 Å². The van der Waals surface area contributed by atoms with Crippen LogP contribution in [0.5, 0.6) is 5.75 Å². The number of hydrogen-bond acceptors (Lipinski definition) is 9. The van der Waals surface area contributed by atoms with E-state index in [1.54, 1.807) is 19.1 Å². The normalized spacial score (nSPS) is 16.6. The number of sulfonamides is 1. The maximum absolute atomic E-state index is 13.5. The van der Waals surface area contributed by atoms with Gasteiger partial charge in [-0.05, 0) is 50.3 Å². The van der Waals surface area contributed by atoms with E-state index in [1.807, 2.05) is 0 Å². The van der Waals surface area contributed by atoms with E-state index >= 15 is 0 Å². The number of aromatic nitrogens is 2. The number of amides is 1. The SMILES string of the molecule is COc1cc(C(=O)NC2CCOCC2)c(C)cc1Nc1ncc(C(F)(F)F)c(NC2CCCC2)n1.CS(N)(=O)=O. The van der Waals surface area contributed by atoms with Crippen LogP contribution in [0.25, 0.3) is 0 Å². The molecule has 222 valence electrons. The molecule has 1 aliphatic carbocycles. The van der Waals surface area contributed by atoms with Crippen molar-refractivity contribution in [1.29, 1.82) is 0 Å². The molecule has 1 saturated carbocycles. The molecular formula is C25H35F3N6O5S.